The maximum absolute atomic E-state index is 12.2. The van der Waals surface area contributed by atoms with Gasteiger partial charge in [-0.1, -0.05) is 44.0 Å². The Hall–Kier alpha value is -1.35. The Labute approximate surface area is 128 Å². The van der Waals surface area contributed by atoms with Crippen LogP contribution >= 0.6 is 0 Å². The van der Waals surface area contributed by atoms with Crippen molar-refractivity contribution < 1.29 is 4.79 Å². The molecule has 1 N–H and O–H groups in total. The summed E-state index contributed by atoms with van der Waals surface area (Å²) in [4.78, 5) is 14.3. The summed E-state index contributed by atoms with van der Waals surface area (Å²) in [6.45, 7) is 5.66. The van der Waals surface area contributed by atoms with Crippen molar-refractivity contribution in [1.29, 1.82) is 0 Å². The molecule has 0 heterocycles. The van der Waals surface area contributed by atoms with Crippen LogP contribution in [0.1, 0.15) is 43.7 Å². The SMILES string of the molecule is Cc1ccccc1CN(C)CC(=O)N[C@@H]1CCCC[C@H]1C. The Balaban J connectivity index is 1.80. The normalized spacial score (nSPS) is 22.3. The number of carbonyl (C=O) groups excluding carboxylic acids is 1. The Morgan fingerprint density at radius 1 is 1.29 bits per heavy atom. The summed E-state index contributed by atoms with van der Waals surface area (Å²) in [5, 5.41) is 3.22. The van der Waals surface area contributed by atoms with Crippen molar-refractivity contribution in [3.8, 4) is 0 Å². The average molecular weight is 288 g/mol. The molecule has 116 valence electrons. The lowest BCUT2D eigenvalue weighted by atomic mass is 9.86. The van der Waals surface area contributed by atoms with E-state index in [0.29, 0.717) is 18.5 Å². The van der Waals surface area contributed by atoms with Crippen LogP contribution in [0, 0.1) is 12.8 Å². The largest absolute Gasteiger partial charge is 0.352 e. The summed E-state index contributed by atoms with van der Waals surface area (Å²) in [6.07, 6.45) is 4.92. The predicted molar refractivity (Wildman–Crippen MR) is 87.1 cm³/mol. The van der Waals surface area contributed by atoms with E-state index in [1.807, 2.05) is 7.05 Å². The van der Waals surface area contributed by atoms with Gasteiger partial charge >= 0.3 is 0 Å². The van der Waals surface area contributed by atoms with Crippen molar-refractivity contribution >= 4 is 5.91 Å². The first-order chi connectivity index (χ1) is 10.1. The molecule has 1 aliphatic carbocycles. The summed E-state index contributed by atoms with van der Waals surface area (Å²) in [5.41, 5.74) is 2.57. The molecular weight excluding hydrogens is 260 g/mol. The molecule has 3 heteroatoms. The van der Waals surface area contributed by atoms with Gasteiger partial charge in [0, 0.05) is 12.6 Å². The molecule has 1 aromatic rings. The van der Waals surface area contributed by atoms with Gasteiger partial charge in [0.1, 0.15) is 0 Å². The molecule has 3 nitrogen and oxygen atoms in total. The highest BCUT2D eigenvalue weighted by atomic mass is 16.2. The number of amides is 1. The van der Waals surface area contributed by atoms with Gasteiger partial charge in [-0.05, 0) is 43.9 Å². The van der Waals surface area contributed by atoms with Gasteiger partial charge in [-0.15, -0.1) is 0 Å². The monoisotopic (exact) mass is 288 g/mol. The van der Waals surface area contributed by atoms with Gasteiger partial charge in [-0.2, -0.15) is 0 Å². The van der Waals surface area contributed by atoms with Crippen LogP contribution in [0.4, 0.5) is 0 Å². The van der Waals surface area contributed by atoms with Crippen LogP contribution < -0.4 is 5.32 Å². The lowest BCUT2D eigenvalue weighted by molar-refractivity contribution is -0.123. The van der Waals surface area contributed by atoms with Gasteiger partial charge < -0.3 is 5.32 Å². The predicted octanol–water partition coefficient (Wildman–Crippen LogP) is 3.12. The maximum Gasteiger partial charge on any atom is 0.234 e. The minimum atomic E-state index is 0.157. The number of rotatable bonds is 5. The van der Waals surface area contributed by atoms with Gasteiger partial charge in [-0.25, -0.2) is 0 Å². The zero-order valence-electron chi connectivity index (χ0n) is 13.6. The van der Waals surface area contributed by atoms with E-state index in [4.69, 9.17) is 0 Å². The number of hydrogen-bond donors (Lipinski definition) is 1. The minimum Gasteiger partial charge on any atom is -0.352 e. The Morgan fingerprint density at radius 2 is 2.00 bits per heavy atom. The van der Waals surface area contributed by atoms with E-state index in [-0.39, 0.29) is 5.91 Å². The van der Waals surface area contributed by atoms with Crippen molar-refractivity contribution in [1.82, 2.24) is 10.2 Å². The third-order valence-electron chi connectivity index (χ3n) is 4.57. The van der Waals surface area contributed by atoms with E-state index in [1.165, 1.54) is 30.4 Å². The highest BCUT2D eigenvalue weighted by molar-refractivity contribution is 5.78. The van der Waals surface area contributed by atoms with E-state index < -0.39 is 0 Å². The lowest BCUT2D eigenvalue weighted by Gasteiger charge is -2.30. The molecule has 2 atom stereocenters. The van der Waals surface area contributed by atoms with Crippen molar-refractivity contribution in [2.24, 2.45) is 5.92 Å². The molecule has 0 aliphatic heterocycles. The Bertz CT molecular complexity index is 472. The first kappa shape index (κ1) is 16.0. The number of aryl methyl sites for hydroxylation is 1. The number of benzene rings is 1. The van der Waals surface area contributed by atoms with Crippen molar-refractivity contribution in [3.05, 3.63) is 35.4 Å². The van der Waals surface area contributed by atoms with Crippen LogP contribution in [0.3, 0.4) is 0 Å². The summed E-state index contributed by atoms with van der Waals surface area (Å²) >= 11 is 0. The topological polar surface area (TPSA) is 32.3 Å². The molecule has 0 spiro atoms. The van der Waals surface area contributed by atoms with Crippen LogP contribution in [-0.2, 0) is 11.3 Å². The molecule has 0 saturated heterocycles. The number of carbonyl (C=O) groups is 1. The van der Waals surface area contributed by atoms with E-state index >= 15 is 0 Å². The Morgan fingerprint density at radius 3 is 2.71 bits per heavy atom. The van der Waals surface area contributed by atoms with Crippen LogP contribution in [0.25, 0.3) is 0 Å². The maximum atomic E-state index is 12.2. The molecule has 0 bridgehead atoms. The van der Waals surface area contributed by atoms with E-state index in [1.54, 1.807) is 0 Å². The number of likely N-dealkylation sites (N-methyl/N-ethyl adjacent to an activating group) is 1. The minimum absolute atomic E-state index is 0.157. The Kier molecular flexibility index (Phi) is 5.80. The molecule has 0 unspecified atom stereocenters. The van der Waals surface area contributed by atoms with Gasteiger partial charge in [-0.3, -0.25) is 9.69 Å². The second-order valence-electron chi connectivity index (χ2n) is 6.53. The second kappa shape index (κ2) is 7.60. The molecule has 1 aliphatic rings. The van der Waals surface area contributed by atoms with E-state index in [9.17, 15) is 4.79 Å². The molecule has 1 amide bonds. The van der Waals surface area contributed by atoms with Gasteiger partial charge in [0.2, 0.25) is 5.91 Å². The molecule has 1 fully saturated rings. The third-order valence-corrected chi connectivity index (χ3v) is 4.57. The third kappa shape index (κ3) is 4.85. The van der Waals surface area contributed by atoms with Crippen molar-refractivity contribution in [2.75, 3.05) is 13.6 Å². The van der Waals surface area contributed by atoms with Crippen LogP contribution in [0.5, 0.6) is 0 Å². The smallest absolute Gasteiger partial charge is 0.234 e. The van der Waals surface area contributed by atoms with Crippen molar-refractivity contribution in [3.63, 3.8) is 0 Å². The fourth-order valence-corrected chi connectivity index (χ4v) is 3.16. The lowest BCUT2D eigenvalue weighted by Crippen LogP contribution is -2.44. The molecule has 2 rings (SSSR count). The first-order valence-corrected chi connectivity index (χ1v) is 8.08. The highest BCUT2D eigenvalue weighted by Crippen LogP contribution is 2.23. The van der Waals surface area contributed by atoms with E-state index in [0.717, 1.165) is 13.0 Å². The molecule has 1 aromatic carbocycles. The summed E-state index contributed by atoms with van der Waals surface area (Å²) in [6, 6.07) is 8.73. The first-order valence-electron chi connectivity index (χ1n) is 8.08. The van der Waals surface area contributed by atoms with Crippen molar-refractivity contribution in [2.45, 2.75) is 52.1 Å². The highest BCUT2D eigenvalue weighted by Gasteiger charge is 2.23. The summed E-state index contributed by atoms with van der Waals surface area (Å²) in [7, 11) is 2.01. The van der Waals surface area contributed by atoms with Crippen LogP contribution in [-0.4, -0.2) is 30.4 Å². The fraction of sp³-hybridized carbons (Fsp3) is 0.611. The van der Waals surface area contributed by atoms with Crippen LogP contribution in [0.15, 0.2) is 24.3 Å². The zero-order valence-corrected chi connectivity index (χ0v) is 13.6. The number of nitrogens with zero attached hydrogens (tertiary/aromatic N) is 1. The quantitative estimate of drug-likeness (QED) is 0.903. The fourth-order valence-electron chi connectivity index (χ4n) is 3.16. The summed E-state index contributed by atoms with van der Waals surface area (Å²) < 4.78 is 0. The average Bonchev–Trinajstić information content (AvgIpc) is 2.44. The van der Waals surface area contributed by atoms with Gasteiger partial charge in [0.25, 0.3) is 0 Å². The zero-order chi connectivity index (χ0) is 15.2. The molecule has 0 aromatic heterocycles. The molecule has 21 heavy (non-hydrogen) atoms. The molecule has 0 radical (unpaired) electrons. The molecular formula is C18H28N2O. The van der Waals surface area contributed by atoms with Gasteiger partial charge in [0.05, 0.1) is 6.54 Å². The standard InChI is InChI=1S/C18H28N2O/c1-14-8-4-6-10-16(14)12-20(3)13-18(21)19-17-11-7-5-9-15(17)2/h4,6,8,10,15,17H,5,7,9,11-13H2,1-3H3,(H,19,21)/t15-,17-/m1/s1. The second-order valence-corrected chi connectivity index (χ2v) is 6.53. The summed E-state index contributed by atoms with van der Waals surface area (Å²) in [5.74, 6) is 0.772. The number of hydrogen-bond acceptors (Lipinski definition) is 2. The molecule has 1 saturated carbocycles. The van der Waals surface area contributed by atoms with E-state index in [2.05, 4.69) is 48.3 Å². The van der Waals surface area contributed by atoms with Crippen LogP contribution in [0.2, 0.25) is 0 Å². The number of nitrogens with one attached hydrogen (secondary N) is 1. The van der Waals surface area contributed by atoms with Gasteiger partial charge in [0.15, 0.2) is 0 Å².